The second kappa shape index (κ2) is 7.84. The summed E-state index contributed by atoms with van der Waals surface area (Å²) in [7, 11) is 0. The van der Waals surface area contributed by atoms with Gasteiger partial charge in [-0.1, -0.05) is 72.8 Å². The molecule has 8 rings (SSSR count). The molecule has 176 valence electrons. The lowest BCUT2D eigenvalue weighted by Crippen LogP contribution is -2.47. The van der Waals surface area contributed by atoms with Crippen molar-refractivity contribution in [3.05, 3.63) is 118 Å². The van der Waals surface area contributed by atoms with Crippen LogP contribution in [0.1, 0.15) is 47.4 Å². The SMILES string of the molecule is CC1(C(=O)Nc2nc(-c3ccc(F)c4ccccc34)cs2)CC2c3ccccc3C1c1ccccc12. The Labute approximate surface area is 212 Å². The third kappa shape index (κ3) is 3.02. The third-order valence-corrected chi connectivity index (χ3v) is 8.78. The summed E-state index contributed by atoms with van der Waals surface area (Å²) in [5.74, 6) is -0.0590. The van der Waals surface area contributed by atoms with Crippen LogP contribution < -0.4 is 5.32 Å². The Morgan fingerprint density at radius 1 is 0.889 bits per heavy atom. The maximum atomic E-state index is 14.3. The van der Waals surface area contributed by atoms with Crippen molar-refractivity contribution in [1.82, 2.24) is 4.98 Å². The van der Waals surface area contributed by atoms with Gasteiger partial charge in [-0.3, -0.25) is 4.79 Å². The van der Waals surface area contributed by atoms with Crippen molar-refractivity contribution in [2.45, 2.75) is 25.2 Å². The summed E-state index contributed by atoms with van der Waals surface area (Å²) in [5, 5.41) is 7.01. The number of rotatable bonds is 3. The Kier molecular flexibility index (Phi) is 4.67. The molecular formula is C31H23FN2OS. The summed E-state index contributed by atoms with van der Waals surface area (Å²) >= 11 is 1.40. The van der Waals surface area contributed by atoms with Gasteiger partial charge in [0.1, 0.15) is 5.82 Å². The molecule has 0 spiro atoms. The van der Waals surface area contributed by atoms with Crippen LogP contribution in [0, 0.1) is 11.2 Å². The van der Waals surface area contributed by atoms with E-state index in [1.165, 1.54) is 39.7 Å². The summed E-state index contributed by atoms with van der Waals surface area (Å²) in [6, 6.07) is 27.7. The van der Waals surface area contributed by atoms with Crippen molar-refractivity contribution in [2.24, 2.45) is 5.41 Å². The van der Waals surface area contributed by atoms with Crippen LogP contribution in [0.15, 0.2) is 90.3 Å². The molecule has 1 aromatic heterocycles. The number of carbonyl (C=O) groups excluding carboxylic acids is 1. The van der Waals surface area contributed by atoms with Crippen LogP contribution in [-0.4, -0.2) is 10.9 Å². The summed E-state index contributed by atoms with van der Waals surface area (Å²) in [4.78, 5) is 18.6. The number of benzene rings is 4. The Hall–Kier alpha value is -3.83. The third-order valence-electron chi connectivity index (χ3n) is 8.02. The molecule has 2 bridgehead atoms. The number of thiazole rings is 1. The smallest absolute Gasteiger partial charge is 0.233 e. The van der Waals surface area contributed by atoms with Crippen molar-refractivity contribution in [1.29, 1.82) is 0 Å². The van der Waals surface area contributed by atoms with Gasteiger partial charge < -0.3 is 5.32 Å². The maximum Gasteiger partial charge on any atom is 0.233 e. The van der Waals surface area contributed by atoms with E-state index in [2.05, 4.69) is 60.8 Å². The van der Waals surface area contributed by atoms with Crippen LogP contribution in [0.4, 0.5) is 9.52 Å². The molecular weight excluding hydrogens is 467 g/mol. The number of hydrogen-bond acceptors (Lipinski definition) is 3. The minimum atomic E-state index is -0.595. The first-order valence-corrected chi connectivity index (χ1v) is 13.0. The predicted molar refractivity (Wildman–Crippen MR) is 143 cm³/mol. The van der Waals surface area contributed by atoms with Crippen LogP contribution in [0.25, 0.3) is 22.0 Å². The first-order chi connectivity index (χ1) is 17.5. The van der Waals surface area contributed by atoms with E-state index >= 15 is 0 Å². The van der Waals surface area contributed by atoms with Gasteiger partial charge >= 0.3 is 0 Å². The van der Waals surface area contributed by atoms with Crippen molar-refractivity contribution >= 4 is 33.1 Å². The minimum Gasteiger partial charge on any atom is -0.301 e. The van der Waals surface area contributed by atoms with Crippen LogP contribution in [0.2, 0.25) is 0 Å². The minimum absolute atomic E-state index is 0.00428. The Bertz CT molecular complexity index is 1630. The van der Waals surface area contributed by atoms with Gasteiger partial charge in [0.25, 0.3) is 0 Å². The number of amides is 1. The first-order valence-electron chi connectivity index (χ1n) is 12.2. The number of halogens is 1. The zero-order valence-electron chi connectivity index (χ0n) is 19.7. The summed E-state index contributed by atoms with van der Waals surface area (Å²) in [6.45, 7) is 2.09. The van der Waals surface area contributed by atoms with Gasteiger partial charge in [0.2, 0.25) is 5.91 Å². The normalized spacial score (nSPS) is 21.7. The van der Waals surface area contributed by atoms with E-state index in [4.69, 9.17) is 4.98 Å². The molecule has 0 saturated carbocycles. The van der Waals surface area contributed by atoms with Crippen LogP contribution >= 0.6 is 11.3 Å². The average molecular weight is 491 g/mol. The molecule has 5 aromatic rings. The molecule has 1 unspecified atom stereocenters. The van der Waals surface area contributed by atoms with Crippen molar-refractivity contribution < 1.29 is 9.18 Å². The van der Waals surface area contributed by atoms with Gasteiger partial charge in [-0.15, -0.1) is 11.3 Å². The van der Waals surface area contributed by atoms with E-state index < -0.39 is 5.41 Å². The molecule has 1 N–H and O–H groups in total. The predicted octanol–water partition coefficient (Wildman–Crippen LogP) is 7.73. The molecule has 3 nitrogen and oxygen atoms in total. The average Bonchev–Trinajstić information content (AvgIpc) is 3.37. The second-order valence-corrected chi connectivity index (χ2v) is 10.9. The lowest BCUT2D eigenvalue weighted by atomic mass is 9.52. The van der Waals surface area contributed by atoms with Crippen LogP contribution in [-0.2, 0) is 4.79 Å². The lowest BCUT2D eigenvalue weighted by molar-refractivity contribution is -0.126. The van der Waals surface area contributed by atoms with E-state index in [1.54, 1.807) is 12.1 Å². The fourth-order valence-electron chi connectivity index (χ4n) is 6.37. The standard InChI is InChI=1S/C31H23FN2OS/c1-31(16-25-19-9-3-6-12-23(19)28(31)24-13-7-4-10-20(24)25)29(35)34-30-33-27(17-36-30)22-14-15-26(32)21-11-5-2-8-18(21)22/h2-15,17,25,28H,16H2,1H3,(H,33,34,35). The van der Waals surface area contributed by atoms with E-state index in [9.17, 15) is 9.18 Å². The number of aromatic nitrogens is 1. The lowest BCUT2D eigenvalue weighted by Gasteiger charge is -2.50. The fraction of sp³-hybridized carbons (Fsp3) is 0.161. The van der Waals surface area contributed by atoms with E-state index in [1.807, 2.05) is 23.6 Å². The van der Waals surface area contributed by atoms with Gasteiger partial charge in [0, 0.05) is 28.2 Å². The van der Waals surface area contributed by atoms with Crippen molar-refractivity contribution in [2.75, 3.05) is 5.32 Å². The van der Waals surface area contributed by atoms with Gasteiger partial charge in [0.15, 0.2) is 5.13 Å². The highest BCUT2D eigenvalue weighted by Gasteiger charge is 2.53. The molecule has 5 heteroatoms. The van der Waals surface area contributed by atoms with Gasteiger partial charge in [0.05, 0.1) is 11.1 Å². The topological polar surface area (TPSA) is 42.0 Å². The monoisotopic (exact) mass is 490 g/mol. The number of anilines is 1. The molecule has 0 fully saturated rings. The van der Waals surface area contributed by atoms with E-state index in [0.29, 0.717) is 10.5 Å². The number of nitrogens with zero attached hydrogens (tertiary/aromatic N) is 1. The highest BCUT2D eigenvalue weighted by atomic mass is 32.1. The van der Waals surface area contributed by atoms with Crippen LogP contribution in [0.5, 0.6) is 0 Å². The molecule has 3 aliphatic rings. The first kappa shape index (κ1) is 21.5. The molecule has 0 radical (unpaired) electrons. The number of nitrogens with one attached hydrogen (secondary N) is 1. The molecule has 4 aromatic carbocycles. The molecule has 1 atom stereocenters. The Balaban J connectivity index is 1.24. The fourth-order valence-corrected chi connectivity index (χ4v) is 7.08. The van der Waals surface area contributed by atoms with E-state index in [-0.39, 0.29) is 23.6 Å². The highest BCUT2D eigenvalue weighted by Crippen LogP contribution is 2.61. The summed E-state index contributed by atoms with van der Waals surface area (Å²) in [5.41, 5.74) is 6.18. The van der Waals surface area contributed by atoms with Gasteiger partial charge in [-0.05, 0) is 53.1 Å². The van der Waals surface area contributed by atoms with Crippen molar-refractivity contribution in [3.63, 3.8) is 0 Å². The highest BCUT2D eigenvalue weighted by molar-refractivity contribution is 7.14. The second-order valence-electron chi connectivity index (χ2n) is 10.00. The van der Waals surface area contributed by atoms with Crippen molar-refractivity contribution in [3.8, 4) is 11.3 Å². The van der Waals surface area contributed by atoms with Crippen LogP contribution in [0.3, 0.4) is 0 Å². The molecule has 3 aliphatic carbocycles. The zero-order chi connectivity index (χ0) is 24.4. The molecule has 36 heavy (non-hydrogen) atoms. The summed E-state index contributed by atoms with van der Waals surface area (Å²) < 4.78 is 14.3. The Morgan fingerprint density at radius 2 is 1.50 bits per heavy atom. The summed E-state index contributed by atoms with van der Waals surface area (Å²) in [6.07, 6.45) is 0.762. The largest absolute Gasteiger partial charge is 0.301 e. The van der Waals surface area contributed by atoms with Gasteiger partial charge in [-0.25, -0.2) is 9.37 Å². The Morgan fingerprint density at radius 3 is 2.19 bits per heavy atom. The molecule has 0 aliphatic heterocycles. The quantitative estimate of drug-likeness (QED) is 0.281. The number of hydrogen-bond donors (Lipinski definition) is 1. The maximum absolute atomic E-state index is 14.3. The molecule has 1 heterocycles. The van der Waals surface area contributed by atoms with E-state index in [0.717, 1.165) is 23.1 Å². The molecule has 1 amide bonds. The number of carbonyl (C=O) groups is 1. The number of fused-ring (bicyclic) bond motifs is 2. The van der Waals surface area contributed by atoms with Gasteiger partial charge in [-0.2, -0.15) is 0 Å². The zero-order valence-corrected chi connectivity index (χ0v) is 20.5. The molecule has 0 saturated heterocycles.